The summed E-state index contributed by atoms with van der Waals surface area (Å²) in [5.41, 5.74) is -2.26. The molecule has 0 atom stereocenters. The lowest BCUT2D eigenvalue weighted by Crippen LogP contribution is -2.21. The SMILES string of the molecule is COc1cc(C=Nn2c(-c3cccc(C(F)(F)F)c3)nc3ccccc3c2=O)cc([N+](=O)[O-])c1OCC(=O)Nc1ccccc1F. The topological polar surface area (TPSA) is 138 Å². The number of carbonyl (C=O) groups excluding carboxylic acids is 1. The fraction of sp³-hybridized carbons (Fsp3) is 0.0968. The zero-order valence-electron chi connectivity index (χ0n) is 23.6. The molecule has 0 aliphatic carbocycles. The highest BCUT2D eigenvalue weighted by Crippen LogP contribution is 2.38. The molecule has 46 heavy (non-hydrogen) atoms. The van der Waals surface area contributed by atoms with Gasteiger partial charge in [-0.3, -0.25) is 19.7 Å². The van der Waals surface area contributed by atoms with Crippen molar-refractivity contribution < 1.29 is 36.8 Å². The Morgan fingerprint density at radius 2 is 1.80 bits per heavy atom. The number of methoxy groups -OCH3 is 1. The standard InChI is InChI=1S/C31H21F4N5O6/c1-45-26-14-18(13-25(40(43)44)28(26)46-17-27(41)37-24-12-5-3-10-22(24)32)16-36-39-29(19-7-6-8-20(15-19)31(33,34)35)38-23-11-4-2-9-21(23)30(39)42/h2-16H,17H2,1H3,(H,37,41). The van der Waals surface area contributed by atoms with E-state index in [-0.39, 0.29) is 39.3 Å². The maximum atomic E-state index is 13.9. The third kappa shape index (κ3) is 6.67. The maximum Gasteiger partial charge on any atom is 0.416 e. The van der Waals surface area contributed by atoms with E-state index in [1.807, 2.05) is 0 Å². The molecular weight excluding hydrogens is 614 g/mol. The number of alkyl halides is 3. The van der Waals surface area contributed by atoms with Gasteiger partial charge in [0.25, 0.3) is 11.5 Å². The van der Waals surface area contributed by atoms with Crippen LogP contribution in [0.25, 0.3) is 22.3 Å². The van der Waals surface area contributed by atoms with Gasteiger partial charge >= 0.3 is 11.9 Å². The number of benzene rings is 4. The van der Waals surface area contributed by atoms with E-state index in [1.54, 1.807) is 12.1 Å². The van der Waals surface area contributed by atoms with E-state index in [2.05, 4.69) is 15.4 Å². The lowest BCUT2D eigenvalue weighted by molar-refractivity contribution is -0.385. The number of nitrogens with zero attached hydrogens (tertiary/aromatic N) is 4. The van der Waals surface area contributed by atoms with Gasteiger partial charge in [-0.1, -0.05) is 36.4 Å². The minimum Gasteiger partial charge on any atom is -0.493 e. The molecule has 234 valence electrons. The van der Waals surface area contributed by atoms with Crippen LogP contribution in [0.4, 0.5) is 28.9 Å². The number of ether oxygens (including phenoxy) is 2. The summed E-state index contributed by atoms with van der Waals surface area (Å²) in [6.07, 6.45) is -3.61. The number of hydrogen-bond acceptors (Lipinski definition) is 8. The van der Waals surface area contributed by atoms with Crippen LogP contribution < -0.4 is 20.3 Å². The van der Waals surface area contributed by atoms with Gasteiger partial charge in [-0.25, -0.2) is 9.37 Å². The number of halogens is 4. The van der Waals surface area contributed by atoms with Crippen LogP contribution in [-0.2, 0) is 11.0 Å². The number of rotatable bonds is 9. The zero-order valence-corrected chi connectivity index (χ0v) is 23.6. The van der Waals surface area contributed by atoms with Crippen molar-refractivity contribution in [2.24, 2.45) is 5.10 Å². The number of fused-ring (bicyclic) bond motifs is 1. The molecule has 0 saturated heterocycles. The third-order valence-electron chi connectivity index (χ3n) is 6.49. The Bertz CT molecular complexity index is 2060. The summed E-state index contributed by atoms with van der Waals surface area (Å²) >= 11 is 0. The molecule has 0 aliphatic heterocycles. The Morgan fingerprint density at radius 1 is 1.07 bits per heavy atom. The second-order valence-corrected chi connectivity index (χ2v) is 9.54. The van der Waals surface area contributed by atoms with Gasteiger partial charge < -0.3 is 14.8 Å². The second-order valence-electron chi connectivity index (χ2n) is 9.54. The first-order chi connectivity index (χ1) is 22.0. The van der Waals surface area contributed by atoms with Gasteiger partial charge in [0.05, 0.1) is 40.4 Å². The first-order valence-corrected chi connectivity index (χ1v) is 13.2. The molecule has 5 aromatic rings. The van der Waals surface area contributed by atoms with Gasteiger partial charge in [-0.05, 0) is 42.5 Å². The number of hydrogen-bond donors (Lipinski definition) is 1. The highest BCUT2D eigenvalue weighted by molar-refractivity contribution is 5.92. The van der Waals surface area contributed by atoms with E-state index in [0.29, 0.717) is 0 Å². The van der Waals surface area contributed by atoms with E-state index in [1.165, 1.54) is 49.6 Å². The molecule has 0 aliphatic rings. The summed E-state index contributed by atoms with van der Waals surface area (Å²) in [6.45, 7) is -0.739. The molecule has 0 bridgehead atoms. The largest absolute Gasteiger partial charge is 0.493 e. The molecule has 0 spiro atoms. The van der Waals surface area contributed by atoms with E-state index in [9.17, 15) is 37.3 Å². The van der Waals surface area contributed by atoms with Crippen molar-refractivity contribution in [1.29, 1.82) is 0 Å². The quantitative estimate of drug-likeness (QED) is 0.0903. The minimum absolute atomic E-state index is 0.0294. The Labute approximate surface area is 256 Å². The second kappa shape index (κ2) is 12.9. The normalized spacial score (nSPS) is 11.5. The molecule has 15 heteroatoms. The van der Waals surface area contributed by atoms with Crippen molar-refractivity contribution in [3.8, 4) is 22.9 Å². The highest BCUT2D eigenvalue weighted by Gasteiger charge is 2.31. The van der Waals surface area contributed by atoms with Crippen molar-refractivity contribution in [3.63, 3.8) is 0 Å². The van der Waals surface area contributed by atoms with Gasteiger partial charge in [-0.15, -0.1) is 0 Å². The Balaban J connectivity index is 1.53. The molecule has 0 saturated carbocycles. The molecule has 0 unspecified atom stereocenters. The molecule has 1 aromatic heterocycles. The van der Waals surface area contributed by atoms with Gasteiger partial charge in [-0.2, -0.15) is 22.9 Å². The average Bonchev–Trinajstić information content (AvgIpc) is 3.03. The smallest absolute Gasteiger partial charge is 0.416 e. The minimum atomic E-state index is -4.67. The number of aromatic nitrogens is 2. The van der Waals surface area contributed by atoms with Crippen LogP contribution in [0.5, 0.6) is 11.5 Å². The molecule has 1 amide bonds. The maximum absolute atomic E-state index is 13.9. The van der Waals surface area contributed by atoms with E-state index < -0.39 is 52.0 Å². The number of nitrogens with one attached hydrogen (secondary N) is 1. The predicted octanol–water partition coefficient (Wildman–Crippen LogP) is 6.04. The molecule has 1 N–H and O–H groups in total. The average molecular weight is 636 g/mol. The van der Waals surface area contributed by atoms with Crippen LogP contribution in [0.2, 0.25) is 0 Å². The lowest BCUT2D eigenvalue weighted by atomic mass is 10.1. The van der Waals surface area contributed by atoms with Gasteiger partial charge in [0.15, 0.2) is 18.2 Å². The molecule has 11 nitrogen and oxygen atoms in total. The van der Waals surface area contributed by atoms with Crippen molar-refractivity contribution in [2.75, 3.05) is 19.0 Å². The summed E-state index contributed by atoms with van der Waals surface area (Å²) in [5.74, 6) is -2.32. The number of nitro benzene ring substituents is 1. The zero-order chi connectivity index (χ0) is 33.0. The van der Waals surface area contributed by atoms with Crippen LogP contribution >= 0.6 is 0 Å². The summed E-state index contributed by atoms with van der Waals surface area (Å²) in [7, 11) is 1.19. The number of anilines is 1. The van der Waals surface area contributed by atoms with Crippen LogP contribution in [-0.4, -0.2) is 40.4 Å². The predicted molar refractivity (Wildman–Crippen MR) is 160 cm³/mol. The van der Waals surface area contributed by atoms with E-state index in [0.717, 1.165) is 41.2 Å². The fourth-order valence-electron chi connectivity index (χ4n) is 4.38. The summed E-state index contributed by atoms with van der Waals surface area (Å²) in [5, 5.41) is 18.5. The number of amides is 1. The first kappa shape index (κ1) is 31.3. The third-order valence-corrected chi connectivity index (χ3v) is 6.49. The lowest BCUT2D eigenvalue weighted by Gasteiger charge is -2.13. The van der Waals surface area contributed by atoms with Crippen molar-refractivity contribution in [2.45, 2.75) is 6.18 Å². The van der Waals surface area contributed by atoms with E-state index >= 15 is 0 Å². The van der Waals surface area contributed by atoms with Crippen LogP contribution in [0.1, 0.15) is 11.1 Å². The molecule has 5 rings (SSSR count). The molecule has 0 radical (unpaired) electrons. The summed E-state index contributed by atoms with van der Waals surface area (Å²) in [4.78, 5) is 41.4. The van der Waals surface area contributed by atoms with Crippen LogP contribution in [0.3, 0.4) is 0 Å². The summed E-state index contributed by atoms with van der Waals surface area (Å²) < 4.78 is 65.7. The van der Waals surface area contributed by atoms with Gasteiger partial charge in [0.2, 0.25) is 5.75 Å². The molecular formula is C31H21F4N5O6. The monoisotopic (exact) mass is 635 g/mol. The molecule has 4 aromatic carbocycles. The molecule has 0 fully saturated rings. The molecule has 1 heterocycles. The van der Waals surface area contributed by atoms with Gasteiger partial charge in [0, 0.05) is 17.2 Å². The van der Waals surface area contributed by atoms with E-state index in [4.69, 9.17) is 9.47 Å². The Morgan fingerprint density at radius 3 is 2.52 bits per heavy atom. The number of nitro groups is 1. The fourth-order valence-corrected chi connectivity index (χ4v) is 4.38. The Kier molecular flexibility index (Phi) is 8.75. The number of carbonyl (C=O) groups is 1. The van der Waals surface area contributed by atoms with Crippen molar-refractivity contribution in [3.05, 3.63) is 122 Å². The van der Waals surface area contributed by atoms with Crippen LogP contribution in [0, 0.1) is 15.9 Å². The van der Waals surface area contributed by atoms with Crippen LogP contribution in [0.15, 0.2) is 94.8 Å². The first-order valence-electron chi connectivity index (χ1n) is 13.2. The highest BCUT2D eigenvalue weighted by atomic mass is 19.4. The van der Waals surface area contributed by atoms with Gasteiger partial charge in [0.1, 0.15) is 5.82 Å². The van der Waals surface area contributed by atoms with Crippen molar-refractivity contribution in [1.82, 2.24) is 9.66 Å². The van der Waals surface area contributed by atoms with Crippen molar-refractivity contribution >= 4 is 34.4 Å². The number of para-hydroxylation sites is 2. The Hall–Kier alpha value is -6.12. The summed E-state index contributed by atoms with van der Waals surface area (Å²) in [6, 6.07) is 18.0.